The molecule has 180 valence electrons. The number of hydrogen-bond acceptors (Lipinski definition) is 6. The molecule has 0 unspecified atom stereocenters. The Kier molecular flexibility index (Phi) is 11.8. The number of thioether (sulfide) groups is 1. The summed E-state index contributed by atoms with van der Waals surface area (Å²) in [5, 5.41) is 1.30. The van der Waals surface area contributed by atoms with Crippen molar-refractivity contribution in [3.8, 4) is 5.75 Å². The van der Waals surface area contributed by atoms with Crippen LogP contribution in [0.4, 0.5) is 5.13 Å². The van der Waals surface area contributed by atoms with E-state index in [4.69, 9.17) is 21.3 Å². The van der Waals surface area contributed by atoms with E-state index in [9.17, 15) is 4.79 Å². The Balaban J connectivity index is 0.00000385. The summed E-state index contributed by atoms with van der Waals surface area (Å²) >= 11 is 9.65. The molecule has 0 N–H and O–H groups in total. The van der Waals surface area contributed by atoms with Crippen LogP contribution < -0.4 is 9.64 Å². The molecule has 0 aliphatic heterocycles. The summed E-state index contributed by atoms with van der Waals surface area (Å²) in [6.07, 6.45) is 1.30. The summed E-state index contributed by atoms with van der Waals surface area (Å²) < 4.78 is 6.31. The standard InChI is InChI=1S/C24H30ClN3O2S2.ClH/c1-4-27(5-2)15-16-28(21(29)12-9-17-31-18-10-7-6-8-11-18)24-26-22-20(30-3)14-13-19(25)23(22)32-24;/h6-8,10-11,13-14H,4-5,9,12,15-17H2,1-3H3;1H. The van der Waals surface area contributed by atoms with Gasteiger partial charge in [0, 0.05) is 24.4 Å². The van der Waals surface area contributed by atoms with Crippen LogP contribution >= 0.6 is 47.1 Å². The molecule has 0 aliphatic carbocycles. The molecule has 0 aliphatic rings. The average molecular weight is 529 g/mol. The number of halogens is 2. The number of amides is 1. The van der Waals surface area contributed by atoms with Crippen LogP contribution in [-0.2, 0) is 4.79 Å². The van der Waals surface area contributed by atoms with Crippen LogP contribution in [0.3, 0.4) is 0 Å². The van der Waals surface area contributed by atoms with Gasteiger partial charge < -0.3 is 9.64 Å². The number of rotatable bonds is 12. The summed E-state index contributed by atoms with van der Waals surface area (Å²) in [5.41, 5.74) is 0.709. The Labute approximate surface area is 215 Å². The molecule has 9 heteroatoms. The van der Waals surface area contributed by atoms with Gasteiger partial charge in [-0.3, -0.25) is 9.69 Å². The highest BCUT2D eigenvalue weighted by Crippen LogP contribution is 2.39. The third-order valence-corrected chi connectivity index (χ3v) is 7.92. The fourth-order valence-corrected chi connectivity index (χ4v) is 5.57. The van der Waals surface area contributed by atoms with Crippen molar-refractivity contribution in [1.82, 2.24) is 9.88 Å². The minimum Gasteiger partial charge on any atom is -0.494 e. The molecule has 1 amide bonds. The van der Waals surface area contributed by atoms with E-state index in [1.165, 1.54) is 16.2 Å². The van der Waals surface area contributed by atoms with E-state index in [0.717, 1.165) is 36.5 Å². The second kappa shape index (κ2) is 14.0. The van der Waals surface area contributed by atoms with Gasteiger partial charge in [-0.25, -0.2) is 4.98 Å². The molecular formula is C24H31Cl2N3O2S2. The fourth-order valence-electron chi connectivity index (χ4n) is 3.39. The van der Waals surface area contributed by atoms with Crippen LogP contribution in [0.2, 0.25) is 5.02 Å². The molecule has 0 spiro atoms. The van der Waals surface area contributed by atoms with Crippen LogP contribution in [0, 0.1) is 0 Å². The Morgan fingerprint density at radius 1 is 1.12 bits per heavy atom. The number of likely N-dealkylation sites (N-methyl/N-ethyl adjacent to an activating group) is 1. The molecule has 5 nitrogen and oxygen atoms in total. The van der Waals surface area contributed by atoms with Crippen molar-refractivity contribution in [3.05, 3.63) is 47.5 Å². The van der Waals surface area contributed by atoms with Gasteiger partial charge in [0.05, 0.1) is 16.8 Å². The molecule has 0 radical (unpaired) electrons. The van der Waals surface area contributed by atoms with E-state index in [-0.39, 0.29) is 18.3 Å². The predicted octanol–water partition coefficient (Wildman–Crippen LogP) is 6.63. The van der Waals surface area contributed by atoms with Gasteiger partial charge in [0.25, 0.3) is 0 Å². The Bertz CT molecular complexity index is 1010. The number of carbonyl (C=O) groups excluding carboxylic acids is 1. The highest BCUT2D eigenvalue weighted by molar-refractivity contribution is 7.99. The lowest BCUT2D eigenvalue weighted by atomic mass is 10.3. The van der Waals surface area contributed by atoms with Crippen molar-refractivity contribution in [3.63, 3.8) is 0 Å². The molecular weight excluding hydrogens is 497 g/mol. The zero-order valence-electron chi connectivity index (χ0n) is 19.3. The monoisotopic (exact) mass is 527 g/mol. The Morgan fingerprint density at radius 2 is 1.85 bits per heavy atom. The second-order valence-corrected chi connectivity index (χ2v) is 9.81. The number of benzene rings is 2. The van der Waals surface area contributed by atoms with E-state index in [1.807, 2.05) is 35.2 Å². The summed E-state index contributed by atoms with van der Waals surface area (Å²) in [7, 11) is 1.62. The first-order chi connectivity index (χ1) is 15.6. The Hall–Kier alpha value is -1.51. The van der Waals surface area contributed by atoms with Crippen LogP contribution in [0.15, 0.2) is 47.4 Å². The van der Waals surface area contributed by atoms with E-state index < -0.39 is 0 Å². The number of thiazole rings is 1. The lowest BCUT2D eigenvalue weighted by Gasteiger charge is -2.24. The normalized spacial score (nSPS) is 10.9. The van der Waals surface area contributed by atoms with Gasteiger partial charge >= 0.3 is 0 Å². The minimum absolute atomic E-state index is 0. The number of nitrogens with zero attached hydrogens (tertiary/aromatic N) is 3. The fraction of sp³-hybridized carbons (Fsp3) is 0.417. The number of ether oxygens (including phenoxy) is 1. The predicted molar refractivity (Wildman–Crippen MR) is 145 cm³/mol. The topological polar surface area (TPSA) is 45.7 Å². The zero-order chi connectivity index (χ0) is 22.9. The van der Waals surface area contributed by atoms with Gasteiger partial charge in [0.15, 0.2) is 5.13 Å². The number of hydrogen-bond donors (Lipinski definition) is 0. The molecule has 1 aromatic heterocycles. The van der Waals surface area contributed by atoms with Crippen LogP contribution in [0.25, 0.3) is 10.2 Å². The van der Waals surface area contributed by atoms with Gasteiger partial charge in [-0.1, -0.05) is 55.0 Å². The van der Waals surface area contributed by atoms with Gasteiger partial charge in [-0.2, -0.15) is 0 Å². The molecule has 33 heavy (non-hydrogen) atoms. The molecule has 0 bridgehead atoms. The van der Waals surface area contributed by atoms with Gasteiger partial charge in [-0.15, -0.1) is 24.2 Å². The summed E-state index contributed by atoms with van der Waals surface area (Å²) in [4.78, 5) is 23.4. The molecule has 0 fully saturated rings. The van der Waals surface area contributed by atoms with E-state index in [1.54, 1.807) is 18.9 Å². The van der Waals surface area contributed by atoms with Crippen LogP contribution in [0.5, 0.6) is 5.75 Å². The summed E-state index contributed by atoms with van der Waals surface area (Å²) in [6, 6.07) is 13.9. The van der Waals surface area contributed by atoms with Crippen molar-refractivity contribution in [2.24, 2.45) is 0 Å². The average Bonchev–Trinajstić information content (AvgIpc) is 3.26. The molecule has 1 heterocycles. The molecule has 0 saturated carbocycles. The highest BCUT2D eigenvalue weighted by atomic mass is 35.5. The highest BCUT2D eigenvalue weighted by Gasteiger charge is 2.22. The molecule has 2 aromatic carbocycles. The van der Waals surface area contributed by atoms with E-state index in [2.05, 4.69) is 30.9 Å². The minimum atomic E-state index is 0. The van der Waals surface area contributed by atoms with Gasteiger partial charge in [0.2, 0.25) is 5.91 Å². The van der Waals surface area contributed by atoms with Crippen molar-refractivity contribution < 1.29 is 9.53 Å². The zero-order valence-corrected chi connectivity index (χ0v) is 22.5. The summed E-state index contributed by atoms with van der Waals surface area (Å²) in [6.45, 7) is 7.58. The number of carbonyl (C=O) groups is 1. The van der Waals surface area contributed by atoms with Crippen molar-refractivity contribution in [2.45, 2.75) is 31.6 Å². The molecule has 0 saturated heterocycles. The van der Waals surface area contributed by atoms with Crippen molar-refractivity contribution >= 4 is 68.4 Å². The van der Waals surface area contributed by atoms with Crippen molar-refractivity contribution in [1.29, 1.82) is 0 Å². The maximum atomic E-state index is 13.3. The third kappa shape index (κ3) is 7.49. The Morgan fingerprint density at radius 3 is 2.52 bits per heavy atom. The number of anilines is 1. The van der Waals surface area contributed by atoms with Crippen LogP contribution in [-0.4, -0.2) is 54.8 Å². The first-order valence-electron chi connectivity index (χ1n) is 10.9. The quantitative estimate of drug-likeness (QED) is 0.195. The lowest BCUT2D eigenvalue weighted by Crippen LogP contribution is -2.38. The molecule has 0 atom stereocenters. The number of aromatic nitrogens is 1. The maximum Gasteiger partial charge on any atom is 0.228 e. The van der Waals surface area contributed by atoms with Gasteiger partial charge in [0.1, 0.15) is 11.3 Å². The van der Waals surface area contributed by atoms with Crippen molar-refractivity contribution in [2.75, 3.05) is 43.9 Å². The third-order valence-electron chi connectivity index (χ3n) is 5.28. The lowest BCUT2D eigenvalue weighted by molar-refractivity contribution is -0.118. The number of methoxy groups -OCH3 is 1. The smallest absolute Gasteiger partial charge is 0.228 e. The number of fused-ring (bicyclic) bond motifs is 1. The van der Waals surface area contributed by atoms with Crippen LogP contribution in [0.1, 0.15) is 26.7 Å². The largest absolute Gasteiger partial charge is 0.494 e. The van der Waals surface area contributed by atoms with E-state index in [0.29, 0.717) is 34.4 Å². The second-order valence-electron chi connectivity index (χ2n) is 7.26. The summed E-state index contributed by atoms with van der Waals surface area (Å²) in [5.74, 6) is 1.67. The molecule has 3 rings (SSSR count). The SMILES string of the molecule is CCN(CC)CCN(C(=O)CCCSc1ccccc1)c1nc2c(OC)ccc(Cl)c2s1.Cl. The first-order valence-corrected chi connectivity index (χ1v) is 13.1. The van der Waals surface area contributed by atoms with E-state index >= 15 is 0 Å². The molecule has 3 aromatic rings. The van der Waals surface area contributed by atoms with Gasteiger partial charge in [-0.05, 0) is 49.5 Å². The maximum absolute atomic E-state index is 13.3. The first kappa shape index (κ1) is 27.7.